The Morgan fingerprint density at radius 2 is 1.65 bits per heavy atom. The predicted molar refractivity (Wildman–Crippen MR) is 115 cm³/mol. The molecule has 1 aliphatic carbocycles. The number of hydrogen-bond acceptors (Lipinski definition) is 4. The Morgan fingerprint density at radius 1 is 1.06 bits per heavy atom. The molecule has 1 saturated heterocycles. The van der Waals surface area contributed by atoms with Gasteiger partial charge < -0.3 is 20.1 Å². The summed E-state index contributed by atoms with van der Waals surface area (Å²) in [6.45, 7) is 4.10. The third kappa shape index (κ3) is 4.00. The maximum Gasteiger partial charge on any atom is 0.407 e. The van der Waals surface area contributed by atoms with Crippen molar-refractivity contribution in [1.82, 2.24) is 10.2 Å². The minimum atomic E-state index is -0.903. The van der Waals surface area contributed by atoms with Crippen LogP contribution in [0, 0.1) is 11.8 Å². The molecular weight excluding hydrogens is 396 g/mol. The quantitative estimate of drug-likeness (QED) is 0.772. The summed E-state index contributed by atoms with van der Waals surface area (Å²) >= 11 is 0. The first-order valence-corrected chi connectivity index (χ1v) is 10.5. The van der Waals surface area contributed by atoms with Crippen LogP contribution in [0.15, 0.2) is 48.5 Å². The van der Waals surface area contributed by atoms with Crippen LogP contribution in [0.2, 0.25) is 0 Å². The molecule has 2 N–H and O–H groups in total. The maximum atomic E-state index is 12.6. The summed E-state index contributed by atoms with van der Waals surface area (Å²) in [4.78, 5) is 37.8. The third-order valence-electron chi connectivity index (χ3n) is 6.29. The number of nitrogens with one attached hydrogen (secondary N) is 1. The number of ether oxygens (including phenoxy) is 1. The monoisotopic (exact) mass is 422 g/mol. The molecule has 1 fully saturated rings. The highest BCUT2D eigenvalue weighted by Crippen LogP contribution is 2.44. The first-order chi connectivity index (χ1) is 14.9. The second-order valence-electron chi connectivity index (χ2n) is 8.36. The number of alkyl carbamates (subject to hydrolysis) is 1. The van der Waals surface area contributed by atoms with Gasteiger partial charge in [-0.25, -0.2) is 4.79 Å². The molecule has 2 aliphatic rings. The number of carboxylic acid groups (broad SMARTS) is 1. The summed E-state index contributed by atoms with van der Waals surface area (Å²) in [5, 5.41) is 11.8. The van der Waals surface area contributed by atoms with Crippen LogP contribution in [-0.4, -0.2) is 53.7 Å². The van der Waals surface area contributed by atoms with Gasteiger partial charge >= 0.3 is 12.1 Å². The van der Waals surface area contributed by atoms with E-state index in [2.05, 4.69) is 17.4 Å². The molecule has 7 nitrogen and oxygen atoms in total. The second-order valence-corrected chi connectivity index (χ2v) is 8.36. The molecule has 1 aliphatic heterocycles. The van der Waals surface area contributed by atoms with E-state index in [4.69, 9.17) is 4.74 Å². The second kappa shape index (κ2) is 8.41. The number of fused-ring (bicyclic) bond motifs is 3. The number of likely N-dealkylation sites (tertiary alicyclic amines) is 1. The van der Waals surface area contributed by atoms with Crippen molar-refractivity contribution < 1.29 is 24.2 Å². The van der Waals surface area contributed by atoms with Crippen molar-refractivity contribution in [1.29, 1.82) is 0 Å². The maximum absolute atomic E-state index is 12.6. The standard InChI is InChI=1S/C24H26N2O5/c1-14-11-26(12-20(14)23(28)29)22(27)15(2)25-24(30)31-13-21-18-9-5-3-7-16(18)17-8-4-6-10-19(17)21/h3-10,14-15,20-21H,11-13H2,1-2H3,(H,25,30)(H,28,29)/t14-,15-,20-/m0/s1. The number of nitrogens with zero attached hydrogens (tertiary/aromatic N) is 1. The Morgan fingerprint density at radius 3 is 2.19 bits per heavy atom. The first-order valence-electron chi connectivity index (χ1n) is 10.5. The van der Waals surface area contributed by atoms with Gasteiger partial charge in [0.1, 0.15) is 12.6 Å². The molecule has 162 valence electrons. The van der Waals surface area contributed by atoms with Crippen LogP contribution in [0.5, 0.6) is 0 Å². The van der Waals surface area contributed by atoms with E-state index in [0.29, 0.717) is 6.54 Å². The lowest BCUT2D eigenvalue weighted by Crippen LogP contribution is -2.46. The Labute approximate surface area is 181 Å². The summed E-state index contributed by atoms with van der Waals surface area (Å²) in [5.41, 5.74) is 4.52. The number of carbonyl (C=O) groups is 3. The molecule has 0 spiro atoms. The molecule has 2 aromatic carbocycles. The van der Waals surface area contributed by atoms with Gasteiger partial charge in [-0.15, -0.1) is 0 Å². The van der Waals surface area contributed by atoms with E-state index in [9.17, 15) is 19.5 Å². The topological polar surface area (TPSA) is 95.9 Å². The Balaban J connectivity index is 1.36. The highest BCUT2D eigenvalue weighted by atomic mass is 16.5. The summed E-state index contributed by atoms with van der Waals surface area (Å²) in [5.74, 6) is -1.96. The summed E-state index contributed by atoms with van der Waals surface area (Å²) in [7, 11) is 0. The van der Waals surface area contributed by atoms with Gasteiger partial charge in [-0.2, -0.15) is 0 Å². The molecule has 0 radical (unpaired) electrons. The molecule has 0 aromatic heterocycles. The van der Waals surface area contributed by atoms with Gasteiger partial charge in [-0.1, -0.05) is 55.5 Å². The molecule has 3 atom stereocenters. The lowest BCUT2D eigenvalue weighted by atomic mass is 9.98. The Hall–Kier alpha value is -3.35. The van der Waals surface area contributed by atoms with E-state index in [-0.39, 0.29) is 30.9 Å². The number of aliphatic carboxylic acids is 1. The number of benzene rings is 2. The van der Waals surface area contributed by atoms with E-state index < -0.39 is 24.0 Å². The fourth-order valence-corrected chi connectivity index (χ4v) is 4.62. The van der Waals surface area contributed by atoms with Crippen LogP contribution < -0.4 is 5.32 Å². The molecule has 2 amide bonds. The van der Waals surface area contributed by atoms with E-state index in [0.717, 1.165) is 22.3 Å². The molecule has 2 aromatic rings. The molecular formula is C24H26N2O5. The van der Waals surface area contributed by atoms with Gasteiger partial charge in [0.25, 0.3) is 0 Å². The smallest absolute Gasteiger partial charge is 0.407 e. The van der Waals surface area contributed by atoms with E-state index in [1.807, 2.05) is 43.3 Å². The van der Waals surface area contributed by atoms with Gasteiger partial charge in [-0.3, -0.25) is 9.59 Å². The van der Waals surface area contributed by atoms with Crippen LogP contribution in [0.4, 0.5) is 4.79 Å². The van der Waals surface area contributed by atoms with E-state index in [1.54, 1.807) is 6.92 Å². The van der Waals surface area contributed by atoms with Gasteiger partial charge in [-0.05, 0) is 35.1 Å². The van der Waals surface area contributed by atoms with E-state index >= 15 is 0 Å². The van der Waals surface area contributed by atoms with Crippen LogP contribution in [0.1, 0.15) is 30.9 Å². The molecule has 4 rings (SSSR count). The average molecular weight is 422 g/mol. The predicted octanol–water partition coefficient (Wildman–Crippen LogP) is 3.09. The lowest BCUT2D eigenvalue weighted by molar-refractivity contribution is -0.142. The van der Waals surface area contributed by atoms with Gasteiger partial charge in [0.05, 0.1) is 5.92 Å². The van der Waals surface area contributed by atoms with Crippen molar-refractivity contribution >= 4 is 18.0 Å². The largest absolute Gasteiger partial charge is 0.481 e. The summed E-state index contributed by atoms with van der Waals surface area (Å²) in [6, 6.07) is 15.4. The number of rotatable bonds is 5. The number of carbonyl (C=O) groups excluding carboxylic acids is 2. The highest BCUT2D eigenvalue weighted by molar-refractivity contribution is 5.86. The number of amides is 2. The van der Waals surface area contributed by atoms with Crippen molar-refractivity contribution in [3.8, 4) is 11.1 Å². The van der Waals surface area contributed by atoms with Crippen molar-refractivity contribution in [2.24, 2.45) is 11.8 Å². The molecule has 31 heavy (non-hydrogen) atoms. The minimum Gasteiger partial charge on any atom is -0.481 e. The molecule has 1 heterocycles. The van der Waals surface area contributed by atoms with Crippen molar-refractivity contribution in [2.45, 2.75) is 25.8 Å². The van der Waals surface area contributed by atoms with Crippen molar-refractivity contribution in [2.75, 3.05) is 19.7 Å². The Kier molecular flexibility index (Phi) is 5.67. The summed E-state index contributed by atoms with van der Waals surface area (Å²) in [6.07, 6.45) is -0.662. The number of hydrogen-bond donors (Lipinski definition) is 2. The van der Waals surface area contributed by atoms with Gasteiger partial charge in [0.2, 0.25) is 5.91 Å². The van der Waals surface area contributed by atoms with Crippen LogP contribution in [-0.2, 0) is 14.3 Å². The zero-order valence-corrected chi connectivity index (χ0v) is 17.6. The minimum absolute atomic E-state index is 0.0556. The lowest BCUT2D eigenvalue weighted by Gasteiger charge is -2.22. The van der Waals surface area contributed by atoms with Crippen molar-refractivity contribution in [3.63, 3.8) is 0 Å². The summed E-state index contributed by atoms with van der Waals surface area (Å²) < 4.78 is 5.49. The number of carboxylic acids is 1. The first kappa shape index (κ1) is 20.9. The van der Waals surface area contributed by atoms with E-state index in [1.165, 1.54) is 4.90 Å². The SMILES string of the molecule is C[C@H](NC(=O)OCC1c2ccccc2-c2ccccc21)C(=O)N1C[C@H](C(=O)O)[C@@H](C)C1. The zero-order valence-electron chi connectivity index (χ0n) is 17.6. The van der Waals surface area contributed by atoms with Gasteiger partial charge in [0, 0.05) is 19.0 Å². The fourth-order valence-electron chi connectivity index (χ4n) is 4.62. The third-order valence-corrected chi connectivity index (χ3v) is 6.29. The van der Waals surface area contributed by atoms with Crippen LogP contribution >= 0.6 is 0 Å². The molecule has 7 heteroatoms. The zero-order chi connectivity index (χ0) is 22.1. The highest BCUT2D eigenvalue weighted by Gasteiger charge is 2.38. The molecule has 0 saturated carbocycles. The molecule has 0 bridgehead atoms. The van der Waals surface area contributed by atoms with Crippen LogP contribution in [0.3, 0.4) is 0 Å². The average Bonchev–Trinajstić information content (AvgIpc) is 3.30. The van der Waals surface area contributed by atoms with Crippen LogP contribution in [0.25, 0.3) is 11.1 Å². The Bertz CT molecular complexity index is 975. The van der Waals surface area contributed by atoms with Gasteiger partial charge in [0.15, 0.2) is 0 Å². The normalized spacial score (nSPS) is 20.6. The molecule has 0 unspecified atom stereocenters. The fraction of sp³-hybridized carbons (Fsp3) is 0.375. The van der Waals surface area contributed by atoms with Crippen molar-refractivity contribution in [3.05, 3.63) is 59.7 Å².